The SMILES string of the molecule is COc1cc(OC)c(C(N)CC2CCCCC2)cc1OC. The zero-order valence-electron chi connectivity index (χ0n) is 13.4. The number of hydrogen-bond donors (Lipinski definition) is 1. The molecule has 21 heavy (non-hydrogen) atoms. The highest BCUT2D eigenvalue weighted by molar-refractivity contribution is 5.51. The van der Waals surface area contributed by atoms with Gasteiger partial charge in [-0.1, -0.05) is 32.1 Å². The summed E-state index contributed by atoms with van der Waals surface area (Å²) in [5, 5.41) is 0. The second-order valence-corrected chi connectivity index (χ2v) is 5.80. The molecule has 1 aromatic carbocycles. The summed E-state index contributed by atoms with van der Waals surface area (Å²) < 4.78 is 16.2. The van der Waals surface area contributed by atoms with E-state index < -0.39 is 0 Å². The smallest absolute Gasteiger partial charge is 0.164 e. The van der Waals surface area contributed by atoms with Crippen LogP contribution in [-0.4, -0.2) is 21.3 Å². The van der Waals surface area contributed by atoms with E-state index in [2.05, 4.69) is 0 Å². The van der Waals surface area contributed by atoms with Crippen LogP contribution in [0.3, 0.4) is 0 Å². The molecule has 4 nitrogen and oxygen atoms in total. The van der Waals surface area contributed by atoms with Crippen LogP contribution in [0.25, 0.3) is 0 Å². The van der Waals surface area contributed by atoms with Crippen molar-refractivity contribution < 1.29 is 14.2 Å². The second kappa shape index (κ2) is 7.55. The van der Waals surface area contributed by atoms with Crippen LogP contribution in [0.15, 0.2) is 12.1 Å². The van der Waals surface area contributed by atoms with Crippen molar-refractivity contribution in [2.24, 2.45) is 11.7 Å². The topological polar surface area (TPSA) is 53.7 Å². The Hall–Kier alpha value is -1.42. The van der Waals surface area contributed by atoms with Crippen molar-refractivity contribution in [2.75, 3.05) is 21.3 Å². The van der Waals surface area contributed by atoms with Gasteiger partial charge in [-0.05, 0) is 18.4 Å². The number of nitrogens with two attached hydrogens (primary N) is 1. The molecule has 1 atom stereocenters. The predicted molar refractivity (Wildman–Crippen MR) is 84.2 cm³/mol. The van der Waals surface area contributed by atoms with Gasteiger partial charge < -0.3 is 19.9 Å². The first-order valence-corrected chi connectivity index (χ1v) is 7.75. The van der Waals surface area contributed by atoms with E-state index in [9.17, 15) is 0 Å². The van der Waals surface area contributed by atoms with E-state index in [1.165, 1.54) is 32.1 Å². The maximum atomic E-state index is 6.44. The Balaban J connectivity index is 2.19. The fourth-order valence-corrected chi connectivity index (χ4v) is 3.25. The van der Waals surface area contributed by atoms with Crippen molar-refractivity contribution in [1.82, 2.24) is 0 Å². The molecule has 0 amide bonds. The van der Waals surface area contributed by atoms with Crippen molar-refractivity contribution in [3.8, 4) is 17.2 Å². The van der Waals surface area contributed by atoms with Gasteiger partial charge in [0.1, 0.15) is 5.75 Å². The summed E-state index contributed by atoms with van der Waals surface area (Å²) >= 11 is 0. The highest BCUT2D eigenvalue weighted by atomic mass is 16.5. The highest BCUT2D eigenvalue weighted by Crippen LogP contribution is 2.39. The molecule has 1 aromatic rings. The summed E-state index contributed by atoms with van der Waals surface area (Å²) in [5.41, 5.74) is 7.44. The van der Waals surface area contributed by atoms with E-state index in [1.54, 1.807) is 21.3 Å². The van der Waals surface area contributed by atoms with Gasteiger partial charge in [0.2, 0.25) is 0 Å². The summed E-state index contributed by atoms with van der Waals surface area (Å²) in [6.07, 6.45) is 7.63. The molecular formula is C17H27NO3. The molecule has 1 saturated carbocycles. The lowest BCUT2D eigenvalue weighted by atomic mass is 9.83. The van der Waals surface area contributed by atoms with Crippen LogP contribution in [0.4, 0.5) is 0 Å². The van der Waals surface area contributed by atoms with Crippen molar-refractivity contribution in [3.05, 3.63) is 17.7 Å². The van der Waals surface area contributed by atoms with Crippen LogP contribution >= 0.6 is 0 Å². The van der Waals surface area contributed by atoms with Gasteiger partial charge >= 0.3 is 0 Å². The minimum absolute atomic E-state index is 0.0251. The van der Waals surface area contributed by atoms with Gasteiger partial charge in [-0.3, -0.25) is 0 Å². The fourth-order valence-electron chi connectivity index (χ4n) is 3.25. The summed E-state index contributed by atoms with van der Waals surface area (Å²) in [4.78, 5) is 0. The van der Waals surface area contributed by atoms with Crippen molar-refractivity contribution >= 4 is 0 Å². The molecule has 0 spiro atoms. The van der Waals surface area contributed by atoms with Crippen molar-refractivity contribution in [2.45, 2.75) is 44.6 Å². The molecule has 1 aliphatic carbocycles. The Kier molecular flexibility index (Phi) is 5.74. The minimum Gasteiger partial charge on any atom is -0.496 e. The summed E-state index contributed by atoms with van der Waals surface area (Å²) in [7, 11) is 4.93. The van der Waals surface area contributed by atoms with Crippen molar-refractivity contribution in [1.29, 1.82) is 0 Å². The second-order valence-electron chi connectivity index (χ2n) is 5.80. The van der Waals surface area contributed by atoms with E-state index in [0.29, 0.717) is 11.5 Å². The van der Waals surface area contributed by atoms with Gasteiger partial charge in [0.15, 0.2) is 11.5 Å². The van der Waals surface area contributed by atoms with E-state index in [1.807, 2.05) is 12.1 Å². The van der Waals surface area contributed by atoms with Gasteiger partial charge in [0.05, 0.1) is 21.3 Å². The fraction of sp³-hybridized carbons (Fsp3) is 0.647. The third-order valence-electron chi connectivity index (χ3n) is 4.45. The lowest BCUT2D eigenvalue weighted by Gasteiger charge is -2.26. The highest BCUT2D eigenvalue weighted by Gasteiger charge is 2.22. The third-order valence-corrected chi connectivity index (χ3v) is 4.45. The predicted octanol–water partition coefficient (Wildman–Crippen LogP) is 3.68. The number of hydrogen-bond acceptors (Lipinski definition) is 4. The lowest BCUT2D eigenvalue weighted by molar-refractivity contribution is 0.312. The molecule has 2 N–H and O–H groups in total. The van der Waals surface area contributed by atoms with Crippen LogP contribution < -0.4 is 19.9 Å². The summed E-state index contributed by atoms with van der Waals surface area (Å²) in [6.45, 7) is 0. The standard InChI is InChI=1S/C17H27NO3/c1-19-15-11-17(21-3)16(20-2)10-13(15)14(18)9-12-7-5-4-6-8-12/h10-12,14H,4-9,18H2,1-3H3. The quantitative estimate of drug-likeness (QED) is 0.869. The number of rotatable bonds is 6. The van der Waals surface area contributed by atoms with Crippen molar-refractivity contribution in [3.63, 3.8) is 0 Å². The van der Waals surface area contributed by atoms with Crippen LogP contribution in [0.1, 0.15) is 50.1 Å². The molecule has 1 fully saturated rings. The molecule has 2 rings (SSSR count). The Bertz CT molecular complexity index is 456. The average Bonchev–Trinajstić information content (AvgIpc) is 2.54. The first kappa shape index (κ1) is 16.0. The van der Waals surface area contributed by atoms with Gasteiger partial charge in [-0.2, -0.15) is 0 Å². The van der Waals surface area contributed by atoms with Crippen LogP contribution in [0.5, 0.6) is 17.2 Å². The van der Waals surface area contributed by atoms with Gasteiger partial charge in [-0.25, -0.2) is 0 Å². The Morgan fingerprint density at radius 3 is 2.10 bits per heavy atom. The molecule has 0 bridgehead atoms. The number of benzene rings is 1. The molecule has 0 radical (unpaired) electrons. The average molecular weight is 293 g/mol. The van der Waals surface area contributed by atoms with E-state index in [0.717, 1.165) is 23.7 Å². The molecule has 4 heteroatoms. The Labute approximate surface area is 127 Å². The van der Waals surface area contributed by atoms with E-state index >= 15 is 0 Å². The first-order valence-electron chi connectivity index (χ1n) is 7.75. The number of methoxy groups -OCH3 is 3. The zero-order chi connectivity index (χ0) is 15.2. The molecule has 0 saturated heterocycles. The van der Waals surface area contributed by atoms with Crippen LogP contribution in [0.2, 0.25) is 0 Å². The van der Waals surface area contributed by atoms with Gasteiger partial charge in [0.25, 0.3) is 0 Å². The molecule has 0 heterocycles. The zero-order valence-corrected chi connectivity index (χ0v) is 13.4. The Morgan fingerprint density at radius 2 is 1.52 bits per heavy atom. The maximum Gasteiger partial charge on any atom is 0.164 e. The summed E-state index contributed by atoms with van der Waals surface area (Å²) in [6, 6.07) is 3.78. The molecule has 1 unspecified atom stereocenters. The molecule has 0 aliphatic heterocycles. The molecule has 1 aliphatic rings. The Morgan fingerprint density at radius 1 is 0.952 bits per heavy atom. The largest absolute Gasteiger partial charge is 0.496 e. The summed E-state index contributed by atoms with van der Waals surface area (Å²) in [5.74, 6) is 2.87. The normalized spacial score (nSPS) is 17.3. The molecule has 118 valence electrons. The third kappa shape index (κ3) is 3.82. The van der Waals surface area contributed by atoms with E-state index in [4.69, 9.17) is 19.9 Å². The maximum absolute atomic E-state index is 6.44. The monoisotopic (exact) mass is 293 g/mol. The number of ether oxygens (including phenoxy) is 3. The first-order chi connectivity index (χ1) is 10.2. The van der Waals surface area contributed by atoms with Gasteiger partial charge in [0, 0.05) is 17.7 Å². The van der Waals surface area contributed by atoms with E-state index in [-0.39, 0.29) is 6.04 Å². The van der Waals surface area contributed by atoms with Gasteiger partial charge in [-0.15, -0.1) is 0 Å². The van der Waals surface area contributed by atoms with Crippen LogP contribution in [-0.2, 0) is 0 Å². The minimum atomic E-state index is -0.0251. The molecule has 0 aromatic heterocycles. The van der Waals surface area contributed by atoms with Crippen LogP contribution in [0, 0.1) is 5.92 Å². The lowest BCUT2D eigenvalue weighted by Crippen LogP contribution is -2.18. The molecular weight excluding hydrogens is 266 g/mol.